The average Bonchev–Trinajstić information content (AvgIpc) is 2.35. The van der Waals surface area contributed by atoms with Crippen molar-refractivity contribution in [3.05, 3.63) is 53.0 Å². The number of rotatable bonds is 3. The van der Waals surface area contributed by atoms with Crippen LogP contribution in [0.3, 0.4) is 0 Å². The molecule has 0 aliphatic rings. The van der Waals surface area contributed by atoms with Crippen molar-refractivity contribution in [3.8, 4) is 11.6 Å². The summed E-state index contributed by atoms with van der Waals surface area (Å²) in [6.07, 6.45) is 1.41. The lowest BCUT2D eigenvalue weighted by atomic mass is 10.1. The van der Waals surface area contributed by atoms with Gasteiger partial charge in [-0.05, 0) is 31.5 Å². The second-order valence-electron chi connectivity index (χ2n) is 4.12. The van der Waals surface area contributed by atoms with Gasteiger partial charge in [-0.1, -0.05) is 17.7 Å². The number of aromatic nitrogens is 1. The van der Waals surface area contributed by atoms with Gasteiger partial charge in [-0.3, -0.25) is 0 Å². The maximum absolute atomic E-state index is 13.8. The average molecular weight is 247 g/mol. The molecular formula is C14H14FNO2. The van der Waals surface area contributed by atoms with E-state index >= 15 is 0 Å². The van der Waals surface area contributed by atoms with Crippen molar-refractivity contribution in [2.75, 3.05) is 0 Å². The summed E-state index contributed by atoms with van der Waals surface area (Å²) >= 11 is 0. The second-order valence-corrected chi connectivity index (χ2v) is 4.12. The molecule has 4 heteroatoms. The topological polar surface area (TPSA) is 42.4 Å². The van der Waals surface area contributed by atoms with Gasteiger partial charge in [-0.25, -0.2) is 9.37 Å². The van der Waals surface area contributed by atoms with Gasteiger partial charge < -0.3 is 9.84 Å². The van der Waals surface area contributed by atoms with Crippen molar-refractivity contribution < 1.29 is 14.2 Å². The highest BCUT2D eigenvalue weighted by Gasteiger charge is 2.12. The summed E-state index contributed by atoms with van der Waals surface area (Å²) < 4.78 is 19.3. The largest absolute Gasteiger partial charge is 0.436 e. The minimum Gasteiger partial charge on any atom is -0.436 e. The van der Waals surface area contributed by atoms with Gasteiger partial charge in [-0.2, -0.15) is 0 Å². The minimum absolute atomic E-state index is 0.117. The summed E-state index contributed by atoms with van der Waals surface area (Å²) in [6.45, 7) is 3.48. The van der Waals surface area contributed by atoms with E-state index in [9.17, 15) is 4.39 Å². The molecule has 1 aromatic heterocycles. The number of ether oxygens (including phenoxy) is 1. The molecule has 3 nitrogen and oxygen atoms in total. The van der Waals surface area contributed by atoms with Gasteiger partial charge >= 0.3 is 0 Å². The zero-order valence-electron chi connectivity index (χ0n) is 10.3. The molecule has 0 saturated heterocycles. The predicted octanol–water partition coefficient (Wildman–Crippen LogP) is 3.12. The molecule has 0 aliphatic heterocycles. The zero-order chi connectivity index (χ0) is 13.1. The van der Waals surface area contributed by atoms with Gasteiger partial charge in [0.2, 0.25) is 0 Å². The molecular weight excluding hydrogens is 233 g/mol. The third-order valence-corrected chi connectivity index (χ3v) is 2.64. The van der Waals surface area contributed by atoms with Crippen LogP contribution in [0.4, 0.5) is 4.39 Å². The van der Waals surface area contributed by atoms with Gasteiger partial charge in [-0.15, -0.1) is 0 Å². The SMILES string of the molecule is Cc1ccc(Oc2nccc(CO)c2F)c(C)c1. The van der Waals surface area contributed by atoms with E-state index in [0.717, 1.165) is 11.1 Å². The molecule has 0 aliphatic carbocycles. The Hall–Kier alpha value is -1.94. The molecule has 0 radical (unpaired) electrons. The van der Waals surface area contributed by atoms with Crippen molar-refractivity contribution in [2.24, 2.45) is 0 Å². The van der Waals surface area contributed by atoms with E-state index in [1.165, 1.54) is 12.3 Å². The number of hydrogen-bond acceptors (Lipinski definition) is 3. The lowest BCUT2D eigenvalue weighted by Gasteiger charge is -2.10. The molecule has 0 amide bonds. The Morgan fingerprint density at radius 1 is 1.28 bits per heavy atom. The number of pyridine rings is 1. The van der Waals surface area contributed by atoms with Gasteiger partial charge in [0.05, 0.1) is 6.61 Å². The molecule has 0 spiro atoms. The quantitative estimate of drug-likeness (QED) is 0.906. The highest BCUT2D eigenvalue weighted by Crippen LogP contribution is 2.27. The molecule has 18 heavy (non-hydrogen) atoms. The van der Waals surface area contributed by atoms with E-state index in [1.807, 2.05) is 26.0 Å². The van der Waals surface area contributed by atoms with Crippen molar-refractivity contribution in [2.45, 2.75) is 20.5 Å². The Kier molecular flexibility index (Phi) is 3.58. The Bertz CT molecular complexity index is 570. The zero-order valence-corrected chi connectivity index (χ0v) is 10.3. The summed E-state index contributed by atoms with van der Waals surface area (Å²) in [5.41, 5.74) is 2.19. The summed E-state index contributed by atoms with van der Waals surface area (Å²) in [5.74, 6) is -0.185. The Morgan fingerprint density at radius 2 is 2.06 bits per heavy atom. The molecule has 0 bridgehead atoms. The Morgan fingerprint density at radius 3 is 2.72 bits per heavy atom. The van der Waals surface area contributed by atoms with Gasteiger partial charge in [0.15, 0.2) is 5.82 Å². The summed E-state index contributed by atoms with van der Waals surface area (Å²) in [7, 11) is 0. The molecule has 0 atom stereocenters. The molecule has 0 unspecified atom stereocenters. The highest BCUT2D eigenvalue weighted by molar-refractivity contribution is 5.38. The van der Waals surface area contributed by atoms with Gasteiger partial charge in [0.25, 0.3) is 5.88 Å². The van der Waals surface area contributed by atoms with Crippen LogP contribution in [0.25, 0.3) is 0 Å². The molecule has 1 aromatic carbocycles. The molecule has 0 saturated carbocycles. The number of benzene rings is 1. The minimum atomic E-state index is -0.625. The van der Waals surface area contributed by atoms with Crippen LogP contribution in [-0.2, 0) is 6.61 Å². The fourth-order valence-corrected chi connectivity index (χ4v) is 1.67. The predicted molar refractivity (Wildman–Crippen MR) is 66.1 cm³/mol. The number of aliphatic hydroxyl groups excluding tert-OH is 1. The molecule has 94 valence electrons. The van der Waals surface area contributed by atoms with Crippen LogP contribution in [-0.4, -0.2) is 10.1 Å². The first kappa shape index (κ1) is 12.5. The van der Waals surface area contributed by atoms with E-state index in [4.69, 9.17) is 9.84 Å². The van der Waals surface area contributed by atoms with Crippen LogP contribution < -0.4 is 4.74 Å². The second kappa shape index (κ2) is 5.14. The van der Waals surface area contributed by atoms with Crippen LogP contribution in [0, 0.1) is 19.7 Å². The van der Waals surface area contributed by atoms with Gasteiger partial charge in [0, 0.05) is 11.8 Å². The maximum Gasteiger partial charge on any atom is 0.256 e. The lowest BCUT2D eigenvalue weighted by molar-refractivity contribution is 0.273. The van der Waals surface area contributed by atoms with Crippen LogP contribution in [0.15, 0.2) is 30.5 Å². The molecule has 2 aromatic rings. The van der Waals surface area contributed by atoms with Crippen LogP contribution in [0.5, 0.6) is 11.6 Å². The van der Waals surface area contributed by atoms with E-state index in [-0.39, 0.29) is 18.1 Å². The van der Waals surface area contributed by atoms with Crippen molar-refractivity contribution in [1.82, 2.24) is 4.98 Å². The van der Waals surface area contributed by atoms with Crippen molar-refractivity contribution in [1.29, 1.82) is 0 Å². The van der Waals surface area contributed by atoms with Crippen LogP contribution in [0.2, 0.25) is 0 Å². The van der Waals surface area contributed by atoms with E-state index in [2.05, 4.69) is 4.98 Å². The number of aliphatic hydroxyl groups is 1. The van der Waals surface area contributed by atoms with Crippen LogP contribution in [0.1, 0.15) is 16.7 Å². The molecule has 2 rings (SSSR count). The van der Waals surface area contributed by atoms with Gasteiger partial charge in [0.1, 0.15) is 5.75 Å². The smallest absolute Gasteiger partial charge is 0.256 e. The third-order valence-electron chi connectivity index (χ3n) is 2.64. The third kappa shape index (κ3) is 2.49. The van der Waals surface area contributed by atoms with Crippen LogP contribution >= 0.6 is 0 Å². The Labute approximate surface area is 105 Å². The standard InChI is InChI=1S/C14H14FNO2/c1-9-3-4-12(10(2)7-9)18-14-13(15)11(8-17)5-6-16-14/h3-7,17H,8H2,1-2H3. The highest BCUT2D eigenvalue weighted by atomic mass is 19.1. The molecule has 0 fully saturated rings. The molecule has 1 N–H and O–H groups in total. The normalized spacial score (nSPS) is 10.4. The number of aryl methyl sites for hydroxylation is 2. The van der Waals surface area contributed by atoms with E-state index < -0.39 is 5.82 Å². The lowest BCUT2D eigenvalue weighted by Crippen LogP contribution is -1.98. The number of halogens is 1. The fraction of sp³-hybridized carbons (Fsp3) is 0.214. The van der Waals surface area contributed by atoms with Crippen molar-refractivity contribution in [3.63, 3.8) is 0 Å². The first-order valence-electron chi connectivity index (χ1n) is 5.61. The number of hydrogen-bond donors (Lipinski definition) is 1. The summed E-state index contributed by atoms with van der Waals surface area (Å²) in [4.78, 5) is 3.84. The fourth-order valence-electron chi connectivity index (χ4n) is 1.67. The van der Waals surface area contributed by atoms with Crippen molar-refractivity contribution >= 4 is 0 Å². The monoisotopic (exact) mass is 247 g/mol. The van der Waals surface area contributed by atoms with E-state index in [1.54, 1.807) is 6.07 Å². The first-order chi connectivity index (χ1) is 8.61. The summed E-state index contributed by atoms with van der Waals surface area (Å²) in [6, 6.07) is 7.03. The summed E-state index contributed by atoms with van der Waals surface area (Å²) in [5, 5.41) is 8.98. The number of nitrogens with zero attached hydrogens (tertiary/aromatic N) is 1. The maximum atomic E-state index is 13.8. The first-order valence-corrected chi connectivity index (χ1v) is 5.61. The Balaban J connectivity index is 2.34. The van der Waals surface area contributed by atoms with E-state index in [0.29, 0.717) is 5.75 Å². The molecule has 1 heterocycles.